The Morgan fingerprint density at radius 3 is 2.72 bits per heavy atom. The number of benzene rings is 1. The number of nitrogen functional groups attached to an aromatic ring is 1. The second-order valence-electron chi connectivity index (χ2n) is 4.17. The summed E-state index contributed by atoms with van der Waals surface area (Å²) in [6.45, 7) is 4.66. The van der Waals surface area contributed by atoms with Crippen LogP contribution < -0.4 is 15.8 Å². The Hall–Kier alpha value is -1.42. The fraction of sp³-hybridized carbons (Fsp3) is 0.571. The second-order valence-corrected chi connectivity index (χ2v) is 4.17. The molecule has 0 atom stereocenters. The Bertz CT molecular complexity index is 343. The summed E-state index contributed by atoms with van der Waals surface area (Å²) >= 11 is 0. The topological polar surface area (TPSA) is 56.5 Å². The summed E-state index contributed by atoms with van der Waals surface area (Å²) < 4.78 is 10.7. The Kier molecular flexibility index (Phi) is 7.03. The molecule has 1 aromatic rings. The summed E-state index contributed by atoms with van der Waals surface area (Å²) in [4.78, 5) is 0. The number of unbranched alkanes of at least 4 members (excludes halogenated alkanes) is 1. The van der Waals surface area contributed by atoms with Gasteiger partial charge in [0.25, 0.3) is 0 Å². The third-order valence-corrected chi connectivity index (χ3v) is 2.71. The molecule has 0 fully saturated rings. The summed E-state index contributed by atoms with van der Waals surface area (Å²) in [7, 11) is 1.62. The number of para-hydroxylation sites is 1. The molecule has 18 heavy (non-hydrogen) atoms. The van der Waals surface area contributed by atoms with Crippen LogP contribution in [0.4, 0.5) is 11.4 Å². The molecular weight excluding hydrogens is 228 g/mol. The Labute approximate surface area is 109 Å². The zero-order valence-electron chi connectivity index (χ0n) is 11.4. The zero-order valence-corrected chi connectivity index (χ0v) is 11.4. The maximum atomic E-state index is 5.96. The van der Waals surface area contributed by atoms with E-state index in [0.717, 1.165) is 38.3 Å². The molecule has 0 amide bonds. The van der Waals surface area contributed by atoms with Crippen molar-refractivity contribution in [2.24, 2.45) is 0 Å². The van der Waals surface area contributed by atoms with Gasteiger partial charge in [0.2, 0.25) is 0 Å². The van der Waals surface area contributed by atoms with Gasteiger partial charge in [0.05, 0.1) is 18.5 Å². The molecule has 0 radical (unpaired) electrons. The molecule has 0 saturated carbocycles. The van der Waals surface area contributed by atoms with Gasteiger partial charge in [-0.1, -0.05) is 19.4 Å². The highest BCUT2D eigenvalue weighted by Crippen LogP contribution is 2.28. The number of nitrogens with two attached hydrogens (primary N) is 1. The molecule has 1 rings (SSSR count). The fourth-order valence-electron chi connectivity index (χ4n) is 1.62. The van der Waals surface area contributed by atoms with Crippen molar-refractivity contribution in [3.05, 3.63) is 18.2 Å². The highest BCUT2D eigenvalue weighted by Gasteiger charge is 2.03. The van der Waals surface area contributed by atoms with E-state index in [-0.39, 0.29) is 0 Å². The lowest BCUT2D eigenvalue weighted by atomic mass is 10.2. The molecule has 0 aliphatic rings. The van der Waals surface area contributed by atoms with Crippen LogP contribution in [0.15, 0.2) is 18.2 Å². The van der Waals surface area contributed by atoms with Crippen molar-refractivity contribution in [2.75, 3.05) is 37.9 Å². The number of ether oxygens (including phenoxy) is 2. The van der Waals surface area contributed by atoms with Crippen LogP contribution >= 0.6 is 0 Å². The molecule has 0 aromatic heterocycles. The first kappa shape index (κ1) is 14.6. The lowest BCUT2D eigenvalue weighted by Gasteiger charge is -2.12. The van der Waals surface area contributed by atoms with E-state index in [0.29, 0.717) is 11.4 Å². The first-order valence-electron chi connectivity index (χ1n) is 6.53. The van der Waals surface area contributed by atoms with Gasteiger partial charge in [0, 0.05) is 19.8 Å². The van der Waals surface area contributed by atoms with E-state index in [9.17, 15) is 0 Å². The molecule has 4 heteroatoms. The van der Waals surface area contributed by atoms with Crippen LogP contribution in [-0.2, 0) is 4.74 Å². The molecule has 4 nitrogen and oxygen atoms in total. The highest BCUT2D eigenvalue weighted by atomic mass is 16.5. The Morgan fingerprint density at radius 2 is 2.00 bits per heavy atom. The molecule has 0 aliphatic heterocycles. The molecule has 0 bridgehead atoms. The van der Waals surface area contributed by atoms with Crippen LogP contribution in [0.25, 0.3) is 0 Å². The van der Waals surface area contributed by atoms with Crippen molar-refractivity contribution < 1.29 is 9.47 Å². The van der Waals surface area contributed by atoms with E-state index in [1.807, 2.05) is 18.2 Å². The number of hydrogen-bond acceptors (Lipinski definition) is 4. The predicted octanol–water partition coefficient (Wildman–Crippen LogP) is 2.90. The van der Waals surface area contributed by atoms with Crippen molar-refractivity contribution >= 4 is 11.4 Å². The van der Waals surface area contributed by atoms with E-state index in [2.05, 4.69) is 12.2 Å². The van der Waals surface area contributed by atoms with E-state index >= 15 is 0 Å². The van der Waals surface area contributed by atoms with Crippen LogP contribution in [0.3, 0.4) is 0 Å². The minimum Gasteiger partial charge on any atom is -0.495 e. The molecule has 102 valence electrons. The monoisotopic (exact) mass is 252 g/mol. The summed E-state index contributed by atoms with van der Waals surface area (Å²) in [5, 5.41) is 3.29. The minimum atomic E-state index is 0.659. The maximum absolute atomic E-state index is 5.96. The normalized spacial score (nSPS) is 10.3. The van der Waals surface area contributed by atoms with Gasteiger partial charge < -0.3 is 20.5 Å². The zero-order chi connectivity index (χ0) is 13.2. The van der Waals surface area contributed by atoms with Crippen molar-refractivity contribution in [1.29, 1.82) is 0 Å². The summed E-state index contributed by atoms with van der Waals surface area (Å²) in [5.41, 5.74) is 7.53. The number of methoxy groups -OCH3 is 1. The van der Waals surface area contributed by atoms with Crippen LogP contribution in [0.1, 0.15) is 26.2 Å². The van der Waals surface area contributed by atoms with Crippen molar-refractivity contribution in [2.45, 2.75) is 26.2 Å². The largest absolute Gasteiger partial charge is 0.495 e. The molecule has 0 unspecified atom stereocenters. The average Bonchev–Trinajstić information content (AvgIpc) is 2.39. The first-order valence-corrected chi connectivity index (χ1v) is 6.53. The van der Waals surface area contributed by atoms with Crippen LogP contribution in [0.5, 0.6) is 5.75 Å². The molecule has 0 spiro atoms. The summed E-state index contributed by atoms with van der Waals surface area (Å²) in [6.07, 6.45) is 3.29. The van der Waals surface area contributed by atoms with E-state index in [1.165, 1.54) is 6.42 Å². The van der Waals surface area contributed by atoms with E-state index < -0.39 is 0 Å². The molecule has 0 aliphatic carbocycles. The van der Waals surface area contributed by atoms with Crippen LogP contribution in [-0.4, -0.2) is 26.9 Å². The van der Waals surface area contributed by atoms with Crippen molar-refractivity contribution in [3.63, 3.8) is 0 Å². The third kappa shape index (κ3) is 4.84. The molecule has 0 heterocycles. The Morgan fingerprint density at radius 1 is 1.22 bits per heavy atom. The lowest BCUT2D eigenvalue weighted by Crippen LogP contribution is -2.08. The van der Waals surface area contributed by atoms with Gasteiger partial charge >= 0.3 is 0 Å². The number of hydrogen-bond donors (Lipinski definition) is 2. The first-order chi connectivity index (χ1) is 8.79. The SMILES string of the molecule is CCCCOCCCNc1cccc(OC)c1N. The predicted molar refractivity (Wildman–Crippen MR) is 76.2 cm³/mol. The van der Waals surface area contributed by atoms with Gasteiger partial charge in [-0.05, 0) is 25.0 Å². The molecule has 0 saturated heterocycles. The van der Waals surface area contributed by atoms with Crippen molar-refractivity contribution in [3.8, 4) is 5.75 Å². The highest BCUT2D eigenvalue weighted by molar-refractivity contribution is 5.72. The maximum Gasteiger partial charge on any atom is 0.143 e. The van der Waals surface area contributed by atoms with E-state index in [1.54, 1.807) is 7.11 Å². The quantitative estimate of drug-likeness (QED) is 0.524. The van der Waals surface area contributed by atoms with Gasteiger partial charge in [0.15, 0.2) is 0 Å². The lowest BCUT2D eigenvalue weighted by molar-refractivity contribution is 0.131. The number of rotatable bonds is 9. The fourth-order valence-corrected chi connectivity index (χ4v) is 1.62. The van der Waals surface area contributed by atoms with Gasteiger partial charge in [-0.25, -0.2) is 0 Å². The molecule has 1 aromatic carbocycles. The molecular formula is C14H24N2O2. The number of nitrogens with one attached hydrogen (secondary N) is 1. The van der Waals surface area contributed by atoms with Gasteiger partial charge in [-0.15, -0.1) is 0 Å². The minimum absolute atomic E-state index is 0.659. The smallest absolute Gasteiger partial charge is 0.143 e. The Balaban J connectivity index is 2.23. The summed E-state index contributed by atoms with van der Waals surface area (Å²) in [6, 6.07) is 5.74. The van der Waals surface area contributed by atoms with Crippen molar-refractivity contribution in [1.82, 2.24) is 0 Å². The van der Waals surface area contributed by atoms with Gasteiger partial charge in [0.1, 0.15) is 5.75 Å². The molecule has 3 N–H and O–H groups in total. The second kappa shape index (κ2) is 8.64. The van der Waals surface area contributed by atoms with Gasteiger partial charge in [-0.2, -0.15) is 0 Å². The van der Waals surface area contributed by atoms with E-state index in [4.69, 9.17) is 15.2 Å². The number of anilines is 2. The third-order valence-electron chi connectivity index (χ3n) is 2.71. The van der Waals surface area contributed by atoms with Crippen LogP contribution in [0, 0.1) is 0 Å². The summed E-state index contributed by atoms with van der Waals surface area (Å²) in [5.74, 6) is 0.708. The van der Waals surface area contributed by atoms with Gasteiger partial charge in [-0.3, -0.25) is 0 Å². The average molecular weight is 252 g/mol. The van der Waals surface area contributed by atoms with Crippen LogP contribution in [0.2, 0.25) is 0 Å². The standard InChI is InChI=1S/C14H24N2O2/c1-3-4-10-18-11-6-9-16-12-7-5-8-13(17-2)14(12)15/h5,7-8,16H,3-4,6,9-11,15H2,1-2H3.